The van der Waals surface area contributed by atoms with Crippen molar-refractivity contribution < 1.29 is 42.9 Å². The maximum atomic E-state index is 12.9. The highest BCUT2D eigenvalue weighted by Crippen LogP contribution is 2.18. The first kappa shape index (κ1) is 81.2. The van der Waals surface area contributed by atoms with Gasteiger partial charge in [0.15, 0.2) is 12.4 Å². The van der Waals surface area contributed by atoms with E-state index in [2.05, 4.69) is 111 Å². The first-order valence-corrected chi connectivity index (χ1v) is 35.4. The molecule has 0 aliphatic carbocycles. The molecule has 0 saturated heterocycles. The maximum Gasteiger partial charge on any atom is 0.306 e. The van der Waals surface area contributed by atoms with Crippen LogP contribution in [0.15, 0.2) is 97.2 Å². The monoisotopic (exact) mass is 1190 g/mol. The van der Waals surface area contributed by atoms with Crippen LogP contribution in [0.5, 0.6) is 0 Å². The third kappa shape index (κ3) is 67.6. The second kappa shape index (κ2) is 66.2. The van der Waals surface area contributed by atoms with Gasteiger partial charge in [-0.3, -0.25) is 9.59 Å². The van der Waals surface area contributed by atoms with Crippen molar-refractivity contribution in [2.45, 2.75) is 322 Å². The maximum absolute atomic E-state index is 12.9. The molecular weight excluding hydrogens is 1050 g/mol. The molecule has 9 heteroatoms. The molecule has 0 saturated carbocycles. The van der Waals surface area contributed by atoms with Crippen LogP contribution in [0, 0.1) is 0 Å². The zero-order valence-corrected chi connectivity index (χ0v) is 56.0. The van der Waals surface area contributed by atoms with Crippen LogP contribution >= 0.6 is 0 Å². The molecule has 0 amide bonds. The number of carbonyl (C=O) groups excluding carboxylic acids is 3. The highest BCUT2D eigenvalue weighted by Gasteiger charge is 2.22. The molecule has 0 rings (SSSR count). The number of hydrogen-bond acceptors (Lipinski definition) is 8. The fourth-order valence-electron chi connectivity index (χ4n) is 9.93. The number of carboxylic acids is 1. The fourth-order valence-corrected chi connectivity index (χ4v) is 9.93. The predicted molar refractivity (Wildman–Crippen MR) is 361 cm³/mol. The van der Waals surface area contributed by atoms with Gasteiger partial charge in [-0.1, -0.05) is 297 Å². The molecule has 0 aliphatic rings. The number of likely N-dealkylation sites (N-methyl/N-ethyl adjacent to an activating group) is 1. The summed E-state index contributed by atoms with van der Waals surface area (Å²) in [5.74, 6) is -2.29. The molecule has 0 spiro atoms. The molecule has 0 N–H and O–H groups in total. The molecule has 0 heterocycles. The largest absolute Gasteiger partial charge is 0.545 e. The number of carbonyl (C=O) groups is 3. The van der Waals surface area contributed by atoms with Gasteiger partial charge in [-0.25, -0.2) is 0 Å². The van der Waals surface area contributed by atoms with E-state index in [1.807, 2.05) is 21.1 Å². The normalized spacial score (nSPS) is 13.3. The number of unbranched alkanes of at least 4 members (excludes halogenated alkanes) is 34. The number of aliphatic carboxylic acids is 1. The molecule has 0 radical (unpaired) electrons. The fraction of sp³-hybridized carbons (Fsp3) is 0.750. The van der Waals surface area contributed by atoms with Crippen molar-refractivity contribution in [3.05, 3.63) is 97.2 Å². The second-order valence-electron chi connectivity index (χ2n) is 24.8. The van der Waals surface area contributed by atoms with Crippen LogP contribution in [0.4, 0.5) is 0 Å². The Morgan fingerprint density at radius 1 is 0.365 bits per heavy atom. The van der Waals surface area contributed by atoms with E-state index in [1.165, 1.54) is 186 Å². The van der Waals surface area contributed by atoms with Crippen LogP contribution in [0.1, 0.15) is 309 Å². The summed E-state index contributed by atoms with van der Waals surface area (Å²) in [5, 5.41) is 11.8. The molecule has 2 unspecified atom stereocenters. The molecule has 0 aliphatic heterocycles. The molecule has 490 valence electrons. The van der Waals surface area contributed by atoms with Gasteiger partial charge in [-0.05, 0) is 96.3 Å². The van der Waals surface area contributed by atoms with Crippen LogP contribution < -0.4 is 5.11 Å². The molecule has 0 fully saturated rings. The summed E-state index contributed by atoms with van der Waals surface area (Å²) in [6.45, 7) is 4.63. The molecule has 85 heavy (non-hydrogen) atoms. The van der Waals surface area contributed by atoms with Gasteiger partial charge in [0.2, 0.25) is 0 Å². The quantitative estimate of drug-likeness (QED) is 0.0195. The number of rotatable bonds is 65. The Labute approximate surface area is 524 Å². The Morgan fingerprint density at radius 3 is 1.00 bits per heavy atom. The van der Waals surface area contributed by atoms with Crippen molar-refractivity contribution in [2.75, 3.05) is 47.5 Å². The summed E-state index contributed by atoms with van der Waals surface area (Å²) in [6, 6.07) is 0. The van der Waals surface area contributed by atoms with Crippen molar-refractivity contribution in [1.82, 2.24) is 0 Å². The van der Waals surface area contributed by atoms with Crippen LogP contribution in [0.2, 0.25) is 0 Å². The van der Waals surface area contributed by atoms with Gasteiger partial charge in [-0.15, -0.1) is 0 Å². The van der Waals surface area contributed by atoms with Crippen molar-refractivity contribution in [2.24, 2.45) is 0 Å². The van der Waals surface area contributed by atoms with Gasteiger partial charge in [0.1, 0.15) is 13.2 Å². The Hall–Kier alpha value is -3.79. The summed E-state index contributed by atoms with van der Waals surface area (Å²) >= 11 is 0. The molecular formula is C76H133NO8. The zero-order chi connectivity index (χ0) is 61.9. The molecule has 0 aromatic carbocycles. The van der Waals surface area contributed by atoms with Crippen molar-refractivity contribution >= 4 is 17.9 Å². The minimum atomic E-state index is -1.63. The summed E-state index contributed by atoms with van der Waals surface area (Å²) in [7, 11) is 5.93. The minimum Gasteiger partial charge on any atom is -0.545 e. The van der Waals surface area contributed by atoms with Crippen LogP contribution in [-0.4, -0.2) is 82.3 Å². The van der Waals surface area contributed by atoms with Crippen LogP contribution in [0.3, 0.4) is 0 Å². The average molecular weight is 1190 g/mol. The number of hydrogen-bond donors (Lipinski definition) is 0. The highest BCUT2D eigenvalue weighted by atomic mass is 16.7. The topological polar surface area (TPSA) is 111 Å². The molecule has 0 aromatic rings. The van der Waals surface area contributed by atoms with Gasteiger partial charge in [-0.2, -0.15) is 0 Å². The van der Waals surface area contributed by atoms with Gasteiger partial charge in [0.25, 0.3) is 0 Å². The van der Waals surface area contributed by atoms with Crippen molar-refractivity contribution in [3.63, 3.8) is 0 Å². The van der Waals surface area contributed by atoms with E-state index in [0.29, 0.717) is 17.4 Å². The summed E-state index contributed by atoms with van der Waals surface area (Å²) < 4.78 is 22.8. The van der Waals surface area contributed by atoms with Gasteiger partial charge < -0.3 is 33.3 Å². The predicted octanol–water partition coefficient (Wildman–Crippen LogP) is 20.7. The van der Waals surface area contributed by atoms with E-state index < -0.39 is 24.3 Å². The van der Waals surface area contributed by atoms with Crippen LogP contribution in [-0.2, 0) is 33.3 Å². The Bertz CT molecular complexity index is 1720. The third-order valence-corrected chi connectivity index (χ3v) is 15.3. The number of carboxylic acid groups (broad SMARTS) is 1. The number of nitrogens with zero attached hydrogens (tertiary/aromatic N) is 1. The number of allylic oxidation sites excluding steroid dienone is 16. The summed E-state index contributed by atoms with van der Waals surface area (Å²) in [6.07, 6.45) is 87.8. The van der Waals surface area contributed by atoms with E-state index in [-0.39, 0.29) is 38.6 Å². The van der Waals surface area contributed by atoms with Gasteiger partial charge in [0.05, 0.1) is 40.3 Å². The molecule has 0 bridgehead atoms. The smallest absolute Gasteiger partial charge is 0.306 e. The zero-order valence-electron chi connectivity index (χ0n) is 56.0. The Kier molecular flexibility index (Phi) is 63.2. The second-order valence-corrected chi connectivity index (χ2v) is 24.8. The summed E-state index contributed by atoms with van der Waals surface area (Å²) in [4.78, 5) is 37.5. The minimum absolute atomic E-state index is 0.144. The van der Waals surface area contributed by atoms with E-state index in [4.69, 9.17) is 18.9 Å². The first-order chi connectivity index (χ1) is 41.6. The average Bonchev–Trinajstić information content (AvgIpc) is 3.49. The van der Waals surface area contributed by atoms with E-state index in [0.717, 1.165) is 89.9 Å². The van der Waals surface area contributed by atoms with E-state index in [9.17, 15) is 19.5 Å². The molecule has 2 atom stereocenters. The molecule has 0 aromatic heterocycles. The number of ether oxygens (including phenoxy) is 4. The van der Waals surface area contributed by atoms with Crippen molar-refractivity contribution in [3.8, 4) is 0 Å². The standard InChI is InChI=1S/C76H133NO8/c1-6-8-10-12-14-16-18-20-22-24-26-28-29-30-31-32-33-34-35-36-37-38-39-40-41-42-43-44-45-47-49-51-53-55-57-59-61-63-65-67-74(79)85-72(71-84-76(75(80)81)82-69-68-77(3,4)5)70-83-73(78)66-64-62-60-58-56-54-52-50-48-46-27-25-23-21-19-17-15-13-11-9-7-2/h8,10,14,16,19-22,25-28,30-31,48,50,72,76H,6-7,9,11-13,15,17-18,23-24,29,32-47,49,51-71H2,1-5H3/b10-8-,16-14-,21-19-,22-20-,27-25-,28-26-,31-30-,50-48-. The number of esters is 2. The van der Waals surface area contributed by atoms with Crippen molar-refractivity contribution in [1.29, 1.82) is 0 Å². The lowest BCUT2D eigenvalue weighted by molar-refractivity contribution is -0.870. The molecule has 9 nitrogen and oxygen atoms in total. The highest BCUT2D eigenvalue weighted by molar-refractivity contribution is 5.70. The SMILES string of the molecule is CC/C=C\C/C=C\C/C=C\C/C=C\C/C=C\CCCCCCCCCCCCCCCCCCCCCCCCCC(=O)OC(COC(=O)CCCCCCCC/C=C\C/C=C\C/C=C\CCCCCCC)COC(OCC[N+](C)(C)C)C(=O)[O-]. The summed E-state index contributed by atoms with van der Waals surface area (Å²) in [5.41, 5.74) is 0. The van der Waals surface area contributed by atoms with Crippen LogP contribution in [0.25, 0.3) is 0 Å². The van der Waals surface area contributed by atoms with E-state index in [1.54, 1.807) is 0 Å². The Morgan fingerprint density at radius 2 is 0.671 bits per heavy atom. The lowest BCUT2D eigenvalue weighted by Crippen LogP contribution is -2.44. The first-order valence-electron chi connectivity index (χ1n) is 35.4. The third-order valence-electron chi connectivity index (χ3n) is 15.3. The van der Waals surface area contributed by atoms with Gasteiger partial charge in [0, 0.05) is 12.8 Å². The van der Waals surface area contributed by atoms with Gasteiger partial charge >= 0.3 is 11.9 Å². The lowest BCUT2D eigenvalue weighted by atomic mass is 10.0. The lowest BCUT2D eigenvalue weighted by Gasteiger charge is -2.26. The Balaban J connectivity index is 4.03. The van der Waals surface area contributed by atoms with E-state index >= 15 is 0 Å². The number of quaternary nitrogens is 1.